The van der Waals surface area contributed by atoms with Gasteiger partial charge in [0.05, 0.1) is 0 Å². The van der Waals surface area contributed by atoms with Crippen molar-refractivity contribution in [3.8, 4) is 0 Å². The monoisotopic (exact) mass is 531 g/mol. The average molecular weight is 532 g/mol. The number of aromatic nitrogens is 6. The Balaban J connectivity index is 0.000000124. The quantitative estimate of drug-likeness (QED) is 0.241. The van der Waals surface area contributed by atoms with E-state index in [-0.39, 0.29) is 11.1 Å². The molecule has 12 heteroatoms. The second kappa shape index (κ2) is 11.4. The molecule has 0 saturated carbocycles. The molecule has 6 rings (SSSR count). The summed E-state index contributed by atoms with van der Waals surface area (Å²) in [4.78, 5) is 40.8. The molecule has 0 amide bonds. The summed E-state index contributed by atoms with van der Waals surface area (Å²) in [5.74, 6) is 0.619. The maximum absolute atomic E-state index is 11.3. The predicted octanol–water partition coefficient (Wildman–Crippen LogP) is 3.83. The van der Waals surface area contributed by atoms with E-state index in [1.165, 1.54) is 24.1 Å². The van der Waals surface area contributed by atoms with Crippen molar-refractivity contribution in [3.63, 3.8) is 0 Å². The van der Waals surface area contributed by atoms with Crippen LogP contribution in [0.5, 0.6) is 0 Å². The number of aromatic amines is 5. The van der Waals surface area contributed by atoms with Crippen LogP contribution in [-0.2, 0) is 38.5 Å². The lowest BCUT2D eigenvalue weighted by Gasteiger charge is -2.15. The van der Waals surface area contributed by atoms with Crippen molar-refractivity contribution >= 4 is 42.5 Å². The molecular formula is C23H29N7O2S3. The van der Waals surface area contributed by atoms with E-state index in [1.807, 2.05) is 0 Å². The van der Waals surface area contributed by atoms with Crippen LogP contribution >= 0.6 is 36.7 Å². The number of nitrogens with one attached hydrogen (secondary N) is 5. The smallest absolute Gasteiger partial charge is 0.255 e. The van der Waals surface area contributed by atoms with Gasteiger partial charge in [0.1, 0.15) is 5.82 Å². The molecule has 0 unspecified atom stereocenters. The first-order valence-electron chi connectivity index (χ1n) is 11.9. The number of nitrogen functional groups attached to an aromatic ring is 1. The van der Waals surface area contributed by atoms with Crippen molar-refractivity contribution in [2.45, 2.75) is 70.6 Å². The van der Waals surface area contributed by atoms with Gasteiger partial charge in [-0.15, -0.1) is 0 Å². The Morgan fingerprint density at radius 1 is 0.571 bits per heavy atom. The molecule has 3 aromatic heterocycles. The minimum absolute atomic E-state index is 0.00606. The highest BCUT2D eigenvalue weighted by atomic mass is 32.1. The van der Waals surface area contributed by atoms with Crippen molar-refractivity contribution in [2.75, 3.05) is 5.73 Å². The first-order chi connectivity index (χ1) is 16.8. The van der Waals surface area contributed by atoms with Gasteiger partial charge in [-0.05, 0) is 107 Å². The summed E-state index contributed by atoms with van der Waals surface area (Å²) in [6.45, 7) is 0. The fourth-order valence-corrected chi connectivity index (χ4v) is 5.43. The van der Waals surface area contributed by atoms with E-state index in [0.29, 0.717) is 20.1 Å². The van der Waals surface area contributed by atoms with E-state index >= 15 is 0 Å². The fraction of sp³-hybridized carbons (Fsp3) is 0.478. The maximum atomic E-state index is 11.3. The summed E-state index contributed by atoms with van der Waals surface area (Å²) in [5.41, 5.74) is 11.9. The maximum Gasteiger partial charge on any atom is 0.255 e. The molecule has 0 radical (unpaired) electrons. The van der Waals surface area contributed by atoms with E-state index in [4.69, 9.17) is 42.4 Å². The standard InChI is InChI=1S/C8H11N3S.C8H10N2OS.C7H8N2OS/c9-7-5-3-1-2-4-6(5)10-8(12)11-7;11-7-5-3-1-2-4-6(5)9-8(12)10-7;10-6-4-2-1-3-5(4)8-7(11)9-6/h1-4H2,(H3,9,10,11,12);1-4H2,(H2,9,10,11,12);1-3H2,(H2,8,9,10,11). The number of nitrogens with zero attached hydrogens (tertiary/aromatic N) is 1. The topological polar surface area (TPSA) is 152 Å². The van der Waals surface area contributed by atoms with Crippen molar-refractivity contribution in [1.29, 1.82) is 0 Å². The molecule has 3 aliphatic rings. The summed E-state index contributed by atoms with van der Waals surface area (Å²) in [6, 6.07) is 0. The summed E-state index contributed by atoms with van der Waals surface area (Å²) in [7, 11) is 0. The SMILES string of the molecule is Nc1nc(=S)[nH]c2c1CCCC2.O=c1[nH]c(=S)[nH]c2c1CCC2.O=c1[nH]c(=S)[nH]c2c1CCCC2. The molecule has 0 fully saturated rings. The van der Waals surface area contributed by atoms with Gasteiger partial charge in [-0.3, -0.25) is 19.6 Å². The second-order valence-corrected chi connectivity index (χ2v) is 10.1. The molecule has 186 valence electrons. The van der Waals surface area contributed by atoms with Gasteiger partial charge in [0, 0.05) is 33.8 Å². The molecule has 7 N–H and O–H groups in total. The van der Waals surface area contributed by atoms with E-state index in [0.717, 1.165) is 80.3 Å². The third kappa shape index (κ3) is 6.30. The van der Waals surface area contributed by atoms with Gasteiger partial charge >= 0.3 is 0 Å². The van der Waals surface area contributed by atoms with Crippen LogP contribution < -0.4 is 16.9 Å². The van der Waals surface area contributed by atoms with Gasteiger partial charge in [0.15, 0.2) is 14.3 Å². The van der Waals surface area contributed by atoms with Crippen LogP contribution in [0.3, 0.4) is 0 Å². The Kier molecular flexibility index (Phi) is 8.24. The molecule has 3 aliphatic carbocycles. The van der Waals surface area contributed by atoms with Gasteiger partial charge < -0.3 is 20.7 Å². The second-order valence-electron chi connectivity index (χ2n) is 8.88. The minimum atomic E-state index is -0.0127. The zero-order valence-electron chi connectivity index (χ0n) is 19.3. The molecule has 9 nitrogen and oxygen atoms in total. The number of anilines is 1. The van der Waals surface area contributed by atoms with Crippen molar-refractivity contribution in [3.05, 3.63) is 68.8 Å². The van der Waals surface area contributed by atoms with Crippen LogP contribution in [0.2, 0.25) is 0 Å². The van der Waals surface area contributed by atoms with Crippen LogP contribution in [0, 0.1) is 14.3 Å². The van der Waals surface area contributed by atoms with Crippen molar-refractivity contribution in [1.82, 2.24) is 29.9 Å². The lowest BCUT2D eigenvalue weighted by atomic mass is 9.97. The molecule has 0 saturated heterocycles. The Morgan fingerprint density at radius 3 is 1.57 bits per heavy atom. The molecule has 0 bridgehead atoms. The number of H-pyrrole nitrogens is 5. The molecule has 3 aromatic rings. The lowest BCUT2D eigenvalue weighted by Crippen LogP contribution is -2.20. The first-order valence-corrected chi connectivity index (χ1v) is 13.1. The number of rotatable bonds is 0. The predicted molar refractivity (Wildman–Crippen MR) is 144 cm³/mol. The summed E-state index contributed by atoms with van der Waals surface area (Å²) in [6.07, 6.45) is 11.6. The van der Waals surface area contributed by atoms with Gasteiger partial charge in [-0.25, -0.2) is 4.98 Å². The third-order valence-corrected chi connectivity index (χ3v) is 7.08. The van der Waals surface area contributed by atoms with Crippen LogP contribution in [0.1, 0.15) is 65.9 Å². The van der Waals surface area contributed by atoms with Crippen LogP contribution in [0.25, 0.3) is 0 Å². The molecule has 0 atom stereocenters. The van der Waals surface area contributed by atoms with E-state index < -0.39 is 0 Å². The van der Waals surface area contributed by atoms with Crippen LogP contribution in [0.4, 0.5) is 5.82 Å². The number of fused-ring (bicyclic) bond motifs is 3. The molecule has 3 heterocycles. The fourth-order valence-electron chi connectivity index (χ4n) is 4.78. The average Bonchev–Trinajstić information content (AvgIpc) is 3.29. The largest absolute Gasteiger partial charge is 0.383 e. The zero-order chi connectivity index (χ0) is 24.9. The highest BCUT2D eigenvalue weighted by Gasteiger charge is 2.15. The Labute approximate surface area is 217 Å². The van der Waals surface area contributed by atoms with Gasteiger partial charge in [-0.1, -0.05) is 0 Å². The molecule has 0 aliphatic heterocycles. The highest BCUT2D eigenvalue weighted by Crippen LogP contribution is 2.22. The Morgan fingerprint density at radius 2 is 1.00 bits per heavy atom. The summed E-state index contributed by atoms with van der Waals surface area (Å²) < 4.78 is 1.39. The number of nitrogens with two attached hydrogens (primary N) is 1. The van der Waals surface area contributed by atoms with E-state index in [1.54, 1.807) is 0 Å². The number of hydrogen-bond acceptors (Lipinski definition) is 7. The molecule has 0 aromatic carbocycles. The minimum Gasteiger partial charge on any atom is -0.383 e. The first kappa shape index (κ1) is 25.4. The zero-order valence-corrected chi connectivity index (χ0v) is 21.8. The molecule has 0 spiro atoms. The Bertz CT molecular complexity index is 1510. The summed E-state index contributed by atoms with van der Waals surface area (Å²) >= 11 is 14.6. The highest BCUT2D eigenvalue weighted by molar-refractivity contribution is 7.71. The van der Waals surface area contributed by atoms with Gasteiger partial charge in [-0.2, -0.15) is 0 Å². The van der Waals surface area contributed by atoms with Crippen molar-refractivity contribution in [2.24, 2.45) is 0 Å². The van der Waals surface area contributed by atoms with E-state index in [9.17, 15) is 9.59 Å². The molecular weight excluding hydrogens is 503 g/mol. The Hall–Kier alpha value is -2.70. The van der Waals surface area contributed by atoms with Gasteiger partial charge in [0.2, 0.25) is 0 Å². The normalized spacial score (nSPS) is 15.4. The van der Waals surface area contributed by atoms with Crippen LogP contribution in [0.15, 0.2) is 9.59 Å². The van der Waals surface area contributed by atoms with Crippen molar-refractivity contribution < 1.29 is 0 Å². The van der Waals surface area contributed by atoms with Crippen LogP contribution in [-0.4, -0.2) is 29.9 Å². The number of hydrogen-bond donors (Lipinski definition) is 6. The third-order valence-electron chi connectivity index (χ3n) is 6.47. The summed E-state index contributed by atoms with van der Waals surface area (Å²) in [5, 5.41) is 0. The van der Waals surface area contributed by atoms with E-state index in [2.05, 4.69) is 29.9 Å². The van der Waals surface area contributed by atoms with Gasteiger partial charge in [0.25, 0.3) is 11.1 Å². The lowest BCUT2D eigenvalue weighted by molar-refractivity contribution is 0.654. The molecule has 35 heavy (non-hydrogen) atoms. The number of aryl methyl sites for hydroxylation is 3.